The van der Waals surface area contributed by atoms with Crippen molar-refractivity contribution < 1.29 is 12.8 Å². The number of halogens is 1. The molecule has 0 bridgehead atoms. The zero-order valence-electron chi connectivity index (χ0n) is 10.5. The van der Waals surface area contributed by atoms with Crippen LogP contribution >= 0.6 is 0 Å². The molecule has 1 unspecified atom stereocenters. The Hall–Kier alpha value is -0.980. The number of nitrogens with one attached hydrogen (secondary N) is 1. The number of sulfonamides is 1. The van der Waals surface area contributed by atoms with E-state index in [2.05, 4.69) is 5.32 Å². The van der Waals surface area contributed by atoms with Gasteiger partial charge in [0.25, 0.3) is 0 Å². The van der Waals surface area contributed by atoms with Crippen LogP contribution in [0.4, 0.5) is 4.39 Å². The highest BCUT2D eigenvalue weighted by atomic mass is 32.2. The first kappa shape index (κ1) is 13.5. The molecule has 1 fully saturated rings. The van der Waals surface area contributed by atoms with Crippen LogP contribution < -0.4 is 5.32 Å². The van der Waals surface area contributed by atoms with E-state index in [4.69, 9.17) is 0 Å². The molecule has 2 rings (SSSR count). The number of aryl methyl sites for hydroxylation is 1. The topological polar surface area (TPSA) is 49.4 Å². The van der Waals surface area contributed by atoms with E-state index in [1.165, 1.54) is 22.5 Å². The largest absolute Gasteiger partial charge is 0.315 e. The lowest BCUT2D eigenvalue weighted by molar-refractivity contribution is 0.387. The molecule has 0 saturated carbocycles. The van der Waals surface area contributed by atoms with Crippen molar-refractivity contribution in [1.29, 1.82) is 0 Å². The molecule has 4 nitrogen and oxygen atoms in total. The third-order valence-corrected chi connectivity index (χ3v) is 5.41. The van der Waals surface area contributed by atoms with Crippen LogP contribution in [0.2, 0.25) is 0 Å². The minimum atomic E-state index is -3.54. The molecule has 1 aliphatic rings. The standard InChI is InChI=1S/C12H17FN2O2S/c1-9-7-10(13)3-4-12(9)18(16,17)15(2)11-5-6-14-8-11/h3-4,7,11,14H,5-6,8H2,1-2H3. The Morgan fingerprint density at radius 2 is 2.17 bits per heavy atom. The van der Waals surface area contributed by atoms with E-state index < -0.39 is 15.8 Å². The van der Waals surface area contributed by atoms with Crippen LogP contribution in [-0.4, -0.2) is 38.9 Å². The molecule has 1 aromatic rings. The molecule has 1 heterocycles. The summed E-state index contributed by atoms with van der Waals surface area (Å²) in [6.07, 6.45) is 0.802. The summed E-state index contributed by atoms with van der Waals surface area (Å²) in [5, 5.41) is 3.13. The lowest BCUT2D eigenvalue weighted by Gasteiger charge is -2.23. The number of rotatable bonds is 3. The van der Waals surface area contributed by atoms with Gasteiger partial charge in [-0.25, -0.2) is 12.8 Å². The van der Waals surface area contributed by atoms with Crippen LogP contribution in [0.25, 0.3) is 0 Å². The van der Waals surface area contributed by atoms with Gasteiger partial charge in [-0.3, -0.25) is 0 Å². The highest BCUT2D eigenvalue weighted by Gasteiger charge is 2.30. The third-order valence-electron chi connectivity index (χ3n) is 3.34. The second kappa shape index (κ2) is 4.95. The van der Waals surface area contributed by atoms with Crippen LogP contribution in [0.3, 0.4) is 0 Å². The number of nitrogens with zero attached hydrogens (tertiary/aromatic N) is 1. The minimum absolute atomic E-state index is 0.0283. The molecule has 1 N–H and O–H groups in total. The predicted molar refractivity (Wildman–Crippen MR) is 67.4 cm³/mol. The van der Waals surface area contributed by atoms with Gasteiger partial charge in [-0.2, -0.15) is 4.31 Å². The Bertz CT molecular complexity index is 539. The molecule has 18 heavy (non-hydrogen) atoms. The first-order valence-electron chi connectivity index (χ1n) is 5.88. The molecule has 100 valence electrons. The average Bonchev–Trinajstić information content (AvgIpc) is 2.80. The van der Waals surface area contributed by atoms with E-state index in [9.17, 15) is 12.8 Å². The van der Waals surface area contributed by atoms with E-state index >= 15 is 0 Å². The van der Waals surface area contributed by atoms with Gasteiger partial charge in [0.1, 0.15) is 5.82 Å². The monoisotopic (exact) mass is 272 g/mol. The molecule has 0 aromatic heterocycles. The van der Waals surface area contributed by atoms with Gasteiger partial charge in [0.2, 0.25) is 10.0 Å². The fourth-order valence-corrected chi connectivity index (χ4v) is 3.79. The molecular weight excluding hydrogens is 255 g/mol. The number of likely N-dealkylation sites (N-methyl/N-ethyl adjacent to an activating group) is 1. The zero-order chi connectivity index (χ0) is 13.3. The van der Waals surface area contributed by atoms with Crippen molar-refractivity contribution in [1.82, 2.24) is 9.62 Å². The normalized spacial score (nSPS) is 20.6. The highest BCUT2D eigenvalue weighted by Crippen LogP contribution is 2.22. The Kier molecular flexibility index (Phi) is 3.70. The smallest absolute Gasteiger partial charge is 0.243 e. The van der Waals surface area contributed by atoms with Gasteiger partial charge in [0.05, 0.1) is 4.90 Å². The first-order valence-corrected chi connectivity index (χ1v) is 7.32. The molecule has 0 amide bonds. The molecule has 0 aliphatic carbocycles. The first-order chi connectivity index (χ1) is 8.43. The van der Waals surface area contributed by atoms with Crippen LogP contribution in [-0.2, 0) is 10.0 Å². The molecule has 0 spiro atoms. The Morgan fingerprint density at radius 1 is 1.44 bits per heavy atom. The van der Waals surface area contributed by atoms with Gasteiger partial charge in [-0.15, -0.1) is 0 Å². The van der Waals surface area contributed by atoms with E-state index in [1.807, 2.05) is 0 Å². The quantitative estimate of drug-likeness (QED) is 0.897. The van der Waals surface area contributed by atoms with E-state index in [1.54, 1.807) is 14.0 Å². The maximum absolute atomic E-state index is 13.0. The lowest BCUT2D eigenvalue weighted by Crippen LogP contribution is -2.38. The lowest BCUT2D eigenvalue weighted by atomic mass is 10.2. The van der Waals surface area contributed by atoms with Crippen molar-refractivity contribution in [2.45, 2.75) is 24.3 Å². The van der Waals surface area contributed by atoms with Crippen molar-refractivity contribution in [3.05, 3.63) is 29.6 Å². The van der Waals surface area contributed by atoms with Gasteiger partial charge >= 0.3 is 0 Å². The minimum Gasteiger partial charge on any atom is -0.315 e. The van der Waals surface area contributed by atoms with Gasteiger partial charge in [0, 0.05) is 19.6 Å². The number of hydrogen-bond acceptors (Lipinski definition) is 3. The second-order valence-electron chi connectivity index (χ2n) is 4.58. The fourth-order valence-electron chi connectivity index (χ4n) is 2.20. The zero-order valence-corrected chi connectivity index (χ0v) is 11.3. The SMILES string of the molecule is Cc1cc(F)ccc1S(=O)(=O)N(C)C1CCNC1. The second-order valence-corrected chi connectivity index (χ2v) is 6.54. The molecule has 1 aliphatic heterocycles. The summed E-state index contributed by atoms with van der Waals surface area (Å²) in [4.78, 5) is 0.179. The van der Waals surface area contributed by atoms with Crippen molar-refractivity contribution in [2.75, 3.05) is 20.1 Å². The van der Waals surface area contributed by atoms with Gasteiger partial charge in [-0.05, 0) is 43.7 Å². The van der Waals surface area contributed by atoms with Gasteiger partial charge < -0.3 is 5.32 Å². The summed E-state index contributed by atoms with van der Waals surface area (Å²) in [6.45, 7) is 3.10. The van der Waals surface area contributed by atoms with E-state index in [0.717, 1.165) is 13.0 Å². The summed E-state index contributed by atoms with van der Waals surface area (Å²) in [5.41, 5.74) is 0.438. The summed E-state index contributed by atoms with van der Waals surface area (Å²) in [7, 11) is -1.96. The predicted octanol–water partition coefficient (Wildman–Crippen LogP) is 1.12. The molecule has 1 aromatic carbocycles. The highest BCUT2D eigenvalue weighted by molar-refractivity contribution is 7.89. The Morgan fingerprint density at radius 3 is 2.72 bits per heavy atom. The van der Waals surface area contributed by atoms with Crippen LogP contribution in [0, 0.1) is 12.7 Å². The summed E-state index contributed by atoms with van der Waals surface area (Å²) < 4.78 is 39.3. The number of hydrogen-bond donors (Lipinski definition) is 1. The van der Waals surface area contributed by atoms with Gasteiger partial charge in [0.15, 0.2) is 0 Å². The maximum Gasteiger partial charge on any atom is 0.243 e. The third kappa shape index (κ3) is 2.41. The van der Waals surface area contributed by atoms with Crippen molar-refractivity contribution in [3.8, 4) is 0 Å². The summed E-state index contributed by atoms with van der Waals surface area (Å²) in [6, 6.07) is 3.73. The van der Waals surface area contributed by atoms with Crippen LogP contribution in [0.1, 0.15) is 12.0 Å². The Balaban J connectivity index is 2.35. The molecule has 1 saturated heterocycles. The fraction of sp³-hybridized carbons (Fsp3) is 0.500. The van der Waals surface area contributed by atoms with Crippen LogP contribution in [0.15, 0.2) is 23.1 Å². The molecule has 6 heteroatoms. The van der Waals surface area contributed by atoms with E-state index in [-0.39, 0.29) is 10.9 Å². The summed E-state index contributed by atoms with van der Waals surface area (Å²) >= 11 is 0. The average molecular weight is 272 g/mol. The summed E-state index contributed by atoms with van der Waals surface area (Å²) in [5.74, 6) is -0.420. The van der Waals surface area contributed by atoms with Gasteiger partial charge in [-0.1, -0.05) is 0 Å². The molecule has 1 atom stereocenters. The molecule has 0 radical (unpaired) electrons. The van der Waals surface area contributed by atoms with E-state index in [0.29, 0.717) is 12.1 Å². The molecular formula is C12H17FN2O2S. The number of benzene rings is 1. The maximum atomic E-state index is 13.0. The van der Waals surface area contributed by atoms with Crippen molar-refractivity contribution in [2.24, 2.45) is 0 Å². The van der Waals surface area contributed by atoms with Crippen LogP contribution in [0.5, 0.6) is 0 Å². The van der Waals surface area contributed by atoms with Crippen molar-refractivity contribution >= 4 is 10.0 Å². The van der Waals surface area contributed by atoms with Crippen molar-refractivity contribution in [3.63, 3.8) is 0 Å². The Labute approximate surface area is 107 Å².